The molecule has 3 amide bonds. The van der Waals surface area contributed by atoms with Gasteiger partial charge in [0.25, 0.3) is 0 Å². The monoisotopic (exact) mass is 303 g/mol. The summed E-state index contributed by atoms with van der Waals surface area (Å²) in [7, 11) is 0. The van der Waals surface area contributed by atoms with Crippen LogP contribution in [0.1, 0.15) is 18.1 Å². The van der Waals surface area contributed by atoms with Gasteiger partial charge in [0.15, 0.2) is 0 Å². The van der Waals surface area contributed by atoms with Gasteiger partial charge < -0.3 is 11.1 Å². The molecule has 0 unspecified atom stereocenters. The van der Waals surface area contributed by atoms with Crippen LogP contribution in [0.3, 0.4) is 0 Å². The number of hydrogen-bond acceptors (Lipinski definition) is 3. The van der Waals surface area contributed by atoms with Crippen LogP contribution in [0.15, 0.2) is 24.3 Å². The minimum atomic E-state index is -4.38. The molecule has 1 aromatic rings. The zero-order valence-electron chi connectivity index (χ0n) is 11.3. The number of urea groups is 1. The highest BCUT2D eigenvalue weighted by atomic mass is 19.4. The molecule has 0 fully saturated rings. The highest BCUT2D eigenvalue weighted by molar-refractivity contribution is 5.94. The molecule has 5 nitrogen and oxygen atoms in total. The molecule has 0 bridgehead atoms. The fraction of sp³-hybridized carbons (Fsp3) is 0.385. The van der Waals surface area contributed by atoms with Gasteiger partial charge in [-0.15, -0.1) is 0 Å². The molecular formula is C13H16F3N3O2. The molecular weight excluding hydrogens is 287 g/mol. The van der Waals surface area contributed by atoms with E-state index in [4.69, 9.17) is 5.73 Å². The van der Waals surface area contributed by atoms with Crippen LogP contribution in [0.25, 0.3) is 0 Å². The highest BCUT2D eigenvalue weighted by Crippen LogP contribution is 2.29. The predicted molar refractivity (Wildman–Crippen MR) is 70.3 cm³/mol. The van der Waals surface area contributed by atoms with Crippen LogP contribution in [0.4, 0.5) is 18.0 Å². The van der Waals surface area contributed by atoms with Crippen molar-refractivity contribution < 1.29 is 22.8 Å². The third kappa shape index (κ3) is 6.26. The van der Waals surface area contributed by atoms with E-state index in [9.17, 15) is 22.8 Å². The lowest BCUT2D eigenvalue weighted by atomic mass is 10.0. The van der Waals surface area contributed by atoms with Gasteiger partial charge in [-0.05, 0) is 25.0 Å². The van der Waals surface area contributed by atoms with Crippen LogP contribution in [0, 0.1) is 0 Å². The maximum atomic E-state index is 12.6. The third-order valence-corrected chi connectivity index (χ3v) is 2.67. The maximum Gasteiger partial charge on any atom is 0.416 e. The first kappa shape index (κ1) is 17.0. The molecule has 1 rings (SSSR count). The summed E-state index contributed by atoms with van der Waals surface area (Å²) in [5, 5.41) is 4.67. The number of amides is 3. The first-order valence-electron chi connectivity index (χ1n) is 6.17. The Labute approximate surface area is 119 Å². The van der Waals surface area contributed by atoms with Crippen LogP contribution in [-0.2, 0) is 17.4 Å². The van der Waals surface area contributed by atoms with Gasteiger partial charge in [-0.3, -0.25) is 10.1 Å². The van der Waals surface area contributed by atoms with Crippen molar-refractivity contribution in [1.29, 1.82) is 0 Å². The number of carbonyl (C=O) groups is 2. The number of alkyl halides is 3. The largest absolute Gasteiger partial charge is 0.416 e. The average Bonchev–Trinajstić information content (AvgIpc) is 2.35. The van der Waals surface area contributed by atoms with E-state index in [0.29, 0.717) is 12.0 Å². The minimum absolute atomic E-state index is 0.150. The summed E-state index contributed by atoms with van der Waals surface area (Å²) >= 11 is 0. The minimum Gasteiger partial charge on any atom is -0.351 e. The maximum absolute atomic E-state index is 12.6. The molecule has 0 heterocycles. The number of benzene rings is 1. The average molecular weight is 303 g/mol. The molecule has 21 heavy (non-hydrogen) atoms. The lowest BCUT2D eigenvalue weighted by Gasteiger charge is -2.14. The van der Waals surface area contributed by atoms with Crippen molar-refractivity contribution >= 4 is 11.9 Å². The van der Waals surface area contributed by atoms with Gasteiger partial charge in [0.2, 0.25) is 5.91 Å². The predicted octanol–water partition coefficient (Wildman–Crippen LogP) is 1.42. The van der Waals surface area contributed by atoms with Crippen molar-refractivity contribution in [3.8, 4) is 0 Å². The quantitative estimate of drug-likeness (QED) is 0.769. The van der Waals surface area contributed by atoms with Crippen molar-refractivity contribution in [1.82, 2.24) is 10.6 Å². The van der Waals surface area contributed by atoms with Gasteiger partial charge in [-0.1, -0.05) is 18.2 Å². The number of hydrogen-bond donors (Lipinski definition) is 3. The number of imide groups is 1. The Balaban J connectivity index is 2.53. The van der Waals surface area contributed by atoms with Crippen molar-refractivity contribution in [2.75, 3.05) is 6.54 Å². The summed E-state index contributed by atoms with van der Waals surface area (Å²) in [6.45, 7) is 1.57. The zero-order valence-corrected chi connectivity index (χ0v) is 11.3. The molecule has 4 N–H and O–H groups in total. The van der Waals surface area contributed by atoms with E-state index in [1.807, 2.05) is 5.32 Å². The summed E-state index contributed by atoms with van der Waals surface area (Å²) in [6.07, 6.45) is -4.07. The Kier molecular flexibility index (Phi) is 5.71. The molecule has 0 saturated carbocycles. The molecule has 8 heteroatoms. The number of halogens is 3. The molecule has 0 aliphatic carbocycles. The Morgan fingerprint density at radius 1 is 1.33 bits per heavy atom. The van der Waals surface area contributed by atoms with E-state index in [1.54, 1.807) is 13.0 Å². The highest BCUT2D eigenvalue weighted by Gasteiger charge is 2.30. The van der Waals surface area contributed by atoms with Crippen molar-refractivity contribution in [2.45, 2.75) is 25.6 Å². The van der Waals surface area contributed by atoms with E-state index in [-0.39, 0.29) is 12.6 Å². The second-order valence-electron chi connectivity index (χ2n) is 4.60. The molecule has 1 aromatic carbocycles. The van der Waals surface area contributed by atoms with Crippen LogP contribution in [0.2, 0.25) is 0 Å². The van der Waals surface area contributed by atoms with Gasteiger partial charge in [0.05, 0.1) is 12.1 Å². The van der Waals surface area contributed by atoms with Crippen LogP contribution < -0.4 is 16.4 Å². The van der Waals surface area contributed by atoms with E-state index in [1.165, 1.54) is 6.07 Å². The topological polar surface area (TPSA) is 84.2 Å². The van der Waals surface area contributed by atoms with Gasteiger partial charge in [-0.25, -0.2) is 4.79 Å². The number of primary amides is 1. The Morgan fingerprint density at radius 2 is 2.00 bits per heavy atom. The molecule has 0 saturated heterocycles. The van der Waals surface area contributed by atoms with E-state index >= 15 is 0 Å². The molecule has 0 aliphatic heterocycles. The third-order valence-electron chi connectivity index (χ3n) is 2.67. The number of rotatable bonds is 5. The summed E-state index contributed by atoms with van der Waals surface area (Å²) in [5.41, 5.74) is 4.57. The Hall–Kier alpha value is -2.09. The Bertz CT molecular complexity index is 518. The lowest BCUT2D eigenvalue weighted by Crippen LogP contribution is -2.43. The van der Waals surface area contributed by atoms with Crippen LogP contribution >= 0.6 is 0 Å². The van der Waals surface area contributed by atoms with Gasteiger partial charge in [-0.2, -0.15) is 13.2 Å². The number of nitrogens with one attached hydrogen (secondary N) is 2. The zero-order chi connectivity index (χ0) is 16.0. The van der Waals surface area contributed by atoms with Gasteiger partial charge in [0.1, 0.15) is 0 Å². The normalized spacial score (nSPS) is 12.8. The van der Waals surface area contributed by atoms with Crippen molar-refractivity contribution in [2.24, 2.45) is 5.73 Å². The molecule has 0 spiro atoms. The van der Waals surface area contributed by atoms with Crippen molar-refractivity contribution in [3.63, 3.8) is 0 Å². The van der Waals surface area contributed by atoms with E-state index in [0.717, 1.165) is 12.1 Å². The van der Waals surface area contributed by atoms with Gasteiger partial charge in [0, 0.05) is 6.04 Å². The fourth-order valence-corrected chi connectivity index (χ4v) is 1.75. The van der Waals surface area contributed by atoms with E-state index < -0.39 is 23.7 Å². The molecule has 116 valence electrons. The van der Waals surface area contributed by atoms with Gasteiger partial charge >= 0.3 is 12.2 Å². The van der Waals surface area contributed by atoms with Crippen LogP contribution in [0.5, 0.6) is 0 Å². The molecule has 0 aromatic heterocycles. The molecule has 0 radical (unpaired) electrons. The first-order chi connectivity index (χ1) is 9.68. The SMILES string of the molecule is C[C@@H](Cc1cccc(C(F)(F)F)c1)NCC(=O)NC(N)=O. The van der Waals surface area contributed by atoms with Crippen molar-refractivity contribution in [3.05, 3.63) is 35.4 Å². The number of carbonyl (C=O) groups excluding carboxylic acids is 2. The smallest absolute Gasteiger partial charge is 0.351 e. The van der Waals surface area contributed by atoms with Crippen LogP contribution in [-0.4, -0.2) is 24.5 Å². The Morgan fingerprint density at radius 3 is 2.57 bits per heavy atom. The summed E-state index contributed by atoms with van der Waals surface area (Å²) < 4.78 is 37.7. The number of nitrogens with two attached hydrogens (primary N) is 1. The summed E-state index contributed by atoms with van der Waals surface area (Å²) in [4.78, 5) is 21.6. The molecule has 1 atom stereocenters. The summed E-state index contributed by atoms with van der Waals surface area (Å²) in [5.74, 6) is -0.599. The second-order valence-corrected chi connectivity index (χ2v) is 4.60. The summed E-state index contributed by atoms with van der Waals surface area (Å²) in [6, 6.07) is 3.80. The second kappa shape index (κ2) is 7.07. The lowest BCUT2D eigenvalue weighted by molar-refractivity contribution is -0.137. The first-order valence-corrected chi connectivity index (χ1v) is 6.17. The van der Waals surface area contributed by atoms with E-state index in [2.05, 4.69) is 5.32 Å². The fourth-order valence-electron chi connectivity index (χ4n) is 1.75. The molecule has 0 aliphatic rings. The standard InChI is InChI=1S/C13H16F3N3O2/c1-8(18-7-11(20)19-12(17)21)5-9-3-2-4-10(6-9)13(14,15)16/h2-4,6,8,18H,5,7H2,1H3,(H3,17,19,20,21)/t8-/m0/s1.